The van der Waals surface area contributed by atoms with Crippen molar-refractivity contribution in [2.75, 3.05) is 7.11 Å². The van der Waals surface area contributed by atoms with Crippen molar-refractivity contribution in [3.63, 3.8) is 0 Å². The molecule has 0 radical (unpaired) electrons. The summed E-state index contributed by atoms with van der Waals surface area (Å²) in [4.78, 5) is 12.2. The molecule has 1 aromatic carbocycles. The van der Waals surface area contributed by atoms with Crippen molar-refractivity contribution < 1.29 is 18.3 Å². The van der Waals surface area contributed by atoms with Gasteiger partial charge in [-0.25, -0.2) is 4.39 Å². The van der Waals surface area contributed by atoms with Crippen LogP contribution in [0.3, 0.4) is 0 Å². The van der Waals surface area contributed by atoms with Crippen LogP contribution >= 0.6 is 0 Å². The van der Waals surface area contributed by atoms with Crippen molar-refractivity contribution in [1.82, 2.24) is 5.32 Å². The maximum Gasteiger partial charge on any atom is 0.262 e. The Bertz CT molecular complexity index is 761. The summed E-state index contributed by atoms with van der Waals surface area (Å²) < 4.78 is 24.2. The maximum atomic E-state index is 14.0. The van der Waals surface area contributed by atoms with Gasteiger partial charge in [-0.3, -0.25) is 4.79 Å². The van der Waals surface area contributed by atoms with E-state index in [-0.39, 0.29) is 11.1 Å². The van der Waals surface area contributed by atoms with E-state index < -0.39 is 17.8 Å². The molecule has 0 saturated heterocycles. The molecule has 1 N–H and O–H groups in total. The number of halogens is 1. The maximum absolute atomic E-state index is 14.0. The molecule has 2 rings (SSSR count). The Hall–Kier alpha value is -3.07. The number of carbonyl (C=O) groups excluding carboxylic acids is 1. The molecule has 23 heavy (non-hydrogen) atoms. The molecule has 0 fully saturated rings. The highest BCUT2D eigenvalue weighted by atomic mass is 19.1. The van der Waals surface area contributed by atoms with Crippen LogP contribution in [0, 0.1) is 17.1 Å². The molecule has 1 unspecified atom stereocenters. The number of hydrogen-bond acceptors (Lipinski definition) is 4. The summed E-state index contributed by atoms with van der Waals surface area (Å²) >= 11 is 0. The minimum Gasteiger partial charge on any atom is -0.496 e. The van der Waals surface area contributed by atoms with E-state index in [4.69, 9.17) is 14.4 Å². The first-order valence-electron chi connectivity index (χ1n) is 6.85. The number of carbonyl (C=O) groups is 1. The lowest BCUT2D eigenvalue weighted by atomic mass is 10.1. The zero-order valence-electron chi connectivity index (χ0n) is 12.7. The summed E-state index contributed by atoms with van der Waals surface area (Å²) in [5.41, 5.74) is 0.0840. The zero-order valence-corrected chi connectivity index (χ0v) is 12.7. The van der Waals surface area contributed by atoms with Crippen LogP contribution in [-0.4, -0.2) is 13.0 Å². The van der Waals surface area contributed by atoms with Crippen molar-refractivity contribution in [1.29, 1.82) is 5.26 Å². The van der Waals surface area contributed by atoms with Crippen LogP contribution in [0.2, 0.25) is 0 Å². The Morgan fingerprint density at radius 1 is 1.43 bits per heavy atom. The fourth-order valence-corrected chi connectivity index (χ4v) is 2.13. The minimum absolute atomic E-state index is 0.137. The Morgan fingerprint density at radius 2 is 2.22 bits per heavy atom. The number of furan rings is 1. The van der Waals surface area contributed by atoms with Gasteiger partial charge < -0.3 is 14.5 Å². The molecule has 118 valence electrons. The van der Waals surface area contributed by atoms with Gasteiger partial charge in [-0.05, 0) is 31.2 Å². The summed E-state index contributed by atoms with van der Waals surface area (Å²) in [7, 11) is 1.42. The number of nitrogens with zero attached hydrogens (tertiary/aromatic N) is 1. The summed E-state index contributed by atoms with van der Waals surface area (Å²) in [6.07, 6.45) is 2.76. The summed E-state index contributed by atoms with van der Waals surface area (Å²) in [5.74, 6) is -0.411. The SMILES string of the molecule is COc1cccc(F)c1C(C)NC(=O)/C(C#N)=C\c1ccco1. The van der Waals surface area contributed by atoms with Gasteiger partial charge in [-0.15, -0.1) is 0 Å². The Labute approximate surface area is 133 Å². The van der Waals surface area contributed by atoms with Gasteiger partial charge >= 0.3 is 0 Å². The highest BCUT2D eigenvalue weighted by Crippen LogP contribution is 2.27. The number of nitrogens with one attached hydrogen (secondary N) is 1. The first kappa shape index (κ1) is 16.3. The number of benzene rings is 1. The van der Waals surface area contributed by atoms with E-state index in [0.717, 1.165) is 0 Å². The summed E-state index contributed by atoms with van der Waals surface area (Å²) in [6.45, 7) is 1.61. The van der Waals surface area contributed by atoms with E-state index in [1.165, 1.54) is 31.6 Å². The summed E-state index contributed by atoms with van der Waals surface area (Å²) in [5, 5.41) is 11.7. The predicted octanol–water partition coefficient (Wildman–Crippen LogP) is 3.21. The van der Waals surface area contributed by atoms with Gasteiger partial charge in [0.15, 0.2) is 0 Å². The molecule has 0 aliphatic heterocycles. The van der Waals surface area contributed by atoms with Gasteiger partial charge in [0.25, 0.3) is 5.91 Å². The second-order valence-electron chi connectivity index (χ2n) is 4.74. The van der Waals surface area contributed by atoms with Gasteiger partial charge in [0.2, 0.25) is 0 Å². The molecule has 0 aliphatic rings. The molecule has 0 spiro atoms. The number of hydrogen-bond donors (Lipinski definition) is 1. The Balaban J connectivity index is 2.21. The van der Waals surface area contributed by atoms with Crippen LogP contribution in [0.1, 0.15) is 24.3 Å². The topological polar surface area (TPSA) is 75.3 Å². The zero-order chi connectivity index (χ0) is 16.8. The van der Waals surface area contributed by atoms with Gasteiger partial charge in [-0.1, -0.05) is 6.07 Å². The van der Waals surface area contributed by atoms with E-state index in [1.54, 1.807) is 31.2 Å². The number of ether oxygens (including phenoxy) is 1. The first-order chi connectivity index (χ1) is 11.1. The lowest BCUT2D eigenvalue weighted by Gasteiger charge is -2.17. The Morgan fingerprint density at radius 3 is 2.83 bits per heavy atom. The molecule has 6 heteroatoms. The molecule has 1 heterocycles. The van der Waals surface area contributed by atoms with Crippen molar-refractivity contribution in [3.8, 4) is 11.8 Å². The third-order valence-corrected chi connectivity index (χ3v) is 3.21. The second kappa shape index (κ2) is 7.27. The predicted molar refractivity (Wildman–Crippen MR) is 81.8 cm³/mol. The average molecular weight is 314 g/mol. The van der Waals surface area contributed by atoms with Crippen molar-refractivity contribution in [3.05, 3.63) is 59.3 Å². The highest BCUT2D eigenvalue weighted by molar-refractivity contribution is 6.01. The van der Waals surface area contributed by atoms with Gasteiger partial charge in [0.1, 0.15) is 29.0 Å². The van der Waals surface area contributed by atoms with E-state index >= 15 is 0 Å². The number of amides is 1. The van der Waals surface area contributed by atoms with Crippen LogP contribution in [0.5, 0.6) is 5.75 Å². The molecule has 5 nitrogen and oxygen atoms in total. The minimum atomic E-state index is -0.674. The largest absolute Gasteiger partial charge is 0.496 e. The number of nitriles is 1. The third kappa shape index (κ3) is 3.77. The van der Waals surface area contributed by atoms with Crippen LogP contribution in [-0.2, 0) is 4.79 Å². The fraction of sp³-hybridized carbons (Fsp3) is 0.176. The Kier molecular flexibility index (Phi) is 5.15. The fourth-order valence-electron chi connectivity index (χ4n) is 2.13. The molecule has 1 atom stereocenters. The van der Waals surface area contributed by atoms with Crippen molar-refractivity contribution in [2.24, 2.45) is 0 Å². The van der Waals surface area contributed by atoms with Gasteiger partial charge in [-0.2, -0.15) is 5.26 Å². The molecule has 0 bridgehead atoms. The first-order valence-corrected chi connectivity index (χ1v) is 6.85. The van der Waals surface area contributed by atoms with Gasteiger partial charge in [0.05, 0.1) is 25.0 Å². The second-order valence-corrected chi connectivity index (χ2v) is 4.74. The monoisotopic (exact) mass is 314 g/mol. The molecule has 2 aromatic rings. The molecule has 1 aromatic heterocycles. The molecular formula is C17H15FN2O3. The van der Waals surface area contributed by atoms with E-state index in [1.807, 2.05) is 0 Å². The average Bonchev–Trinajstić information content (AvgIpc) is 3.04. The van der Waals surface area contributed by atoms with Gasteiger partial charge in [0, 0.05) is 6.08 Å². The van der Waals surface area contributed by atoms with Crippen LogP contribution < -0.4 is 10.1 Å². The number of methoxy groups -OCH3 is 1. The number of rotatable bonds is 5. The molecule has 1 amide bonds. The van der Waals surface area contributed by atoms with Crippen molar-refractivity contribution >= 4 is 12.0 Å². The standard InChI is InChI=1S/C17H15FN2O3/c1-11(16-14(18)6-3-7-15(16)22-2)20-17(21)12(10-19)9-13-5-4-8-23-13/h3-9,11H,1-2H3,(H,20,21)/b12-9-. The molecule has 0 saturated carbocycles. The van der Waals surface area contributed by atoms with Crippen LogP contribution in [0.15, 0.2) is 46.6 Å². The van der Waals surface area contributed by atoms with Crippen LogP contribution in [0.25, 0.3) is 6.08 Å². The lowest BCUT2D eigenvalue weighted by Crippen LogP contribution is -2.28. The highest BCUT2D eigenvalue weighted by Gasteiger charge is 2.20. The van der Waals surface area contributed by atoms with E-state index in [2.05, 4.69) is 5.32 Å². The van der Waals surface area contributed by atoms with E-state index in [9.17, 15) is 9.18 Å². The quantitative estimate of drug-likeness (QED) is 0.679. The third-order valence-electron chi connectivity index (χ3n) is 3.21. The van der Waals surface area contributed by atoms with Crippen LogP contribution in [0.4, 0.5) is 4.39 Å². The summed E-state index contributed by atoms with van der Waals surface area (Å²) in [6, 6.07) is 8.80. The normalized spacial score (nSPS) is 12.3. The van der Waals surface area contributed by atoms with E-state index in [0.29, 0.717) is 11.5 Å². The smallest absolute Gasteiger partial charge is 0.262 e. The molecular weight excluding hydrogens is 299 g/mol. The lowest BCUT2D eigenvalue weighted by molar-refractivity contribution is -0.117. The molecule has 0 aliphatic carbocycles. The van der Waals surface area contributed by atoms with Crippen molar-refractivity contribution in [2.45, 2.75) is 13.0 Å².